The first kappa shape index (κ1) is 13.8. The van der Waals surface area contributed by atoms with Crippen molar-refractivity contribution in [3.8, 4) is 0 Å². The lowest BCUT2D eigenvalue weighted by atomic mass is 9.84. The van der Waals surface area contributed by atoms with Crippen LogP contribution in [0.25, 0.3) is 0 Å². The predicted molar refractivity (Wildman–Crippen MR) is 70.5 cm³/mol. The summed E-state index contributed by atoms with van der Waals surface area (Å²) in [7, 11) is 0. The zero-order valence-electron chi connectivity index (χ0n) is 10.6. The second-order valence-corrected chi connectivity index (χ2v) is 6.14. The molecule has 1 amide bonds. The summed E-state index contributed by atoms with van der Waals surface area (Å²) in [5.41, 5.74) is 5.88. The Morgan fingerprint density at radius 2 is 2.19 bits per heavy atom. The molecule has 0 aromatic carbocycles. The van der Waals surface area contributed by atoms with E-state index in [-0.39, 0.29) is 17.9 Å². The van der Waals surface area contributed by atoms with Crippen molar-refractivity contribution in [1.29, 1.82) is 0 Å². The van der Waals surface area contributed by atoms with Gasteiger partial charge >= 0.3 is 0 Å². The van der Waals surface area contributed by atoms with E-state index in [1.807, 2.05) is 18.7 Å². The molecule has 94 valence electrons. The van der Waals surface area contributed by atoms with Crippen LogP contribution in [0, 0.1) is 5.92 Å². The molecule has 1 saturated carbocycles. The van der Waals surface area contributed by atoms with E-state index in [4.69, 9.17) is 5.73 Å². The van der Waals surface area contributed by atoms with Gasteiger partial charge in [0.25, 0.3) is 0 Å². The van der Waals surface area contributed by atoms with Gasteiger partial charge in [0.2, 0.25) is 5.91 Å². The Morgan fingerprint density at radius 1 is 1.56 bits per heavy atom. The minimum Gasteiger partial charge on any atom is -0.353 e. The molecule has 3 nitrogen and oxygen atoms in total. The van der Waals surface area contributed by atoms with Crippen LogP contribution in [0.15, 0.2) is 0 Å². The Balaban J connectivity index is 2.34. The number of hydrogen-bond acceptors (Lipinski definition) is 3. The number of rotatable bonds is 6. The van der Waals surface area contributed by atoms with Gasteiger partial charge in [0.15, 0.2) is 0 Å². The van der Waals surface area contributed by atoms with Crippen LogP contribution in [-0.2, 0) is 4.79 Å². The van der Waals surface area contributed by atoms with Crippen molar-refractivity contribution in [3.05, 3.63) is 0 Å². The lowest BCUT2D eigenvalue weighted by molar-refractivity contribution is -0.123. The minimum atomic E-state index is -0.357. The topological polar surface area (TPSA) is 55.1 Å². The van der Waals surface area contributed by atoms with Gasteiger partial charge in [-0.3, -0.25) is 4.79 Å². The molecule has 2 atom stereocenters. The fourth-order valence-corrected chi connectivity index (χ4v) is 2.82. The van der Waals surface area contributed by atoms with E-state index in [0.29, 0.717) is 4.75 Å². The van der Waals surface area contributed by atoms with Gasteiger partial charge in [-0.25, -0.2) is 0 Å². The summed E-state index contributed by atoms with van der Waals surface area (Å²) in [5.74, 6) is 0.265. The third-order valence-corrected chi connectivity index (χ3v) is 5.26. The molecule has 0 radical (unpaired) electrons. The zero-order chi connectivity index (χ0) is 12.2. The summed E-state index contributed by atoms with van der Waals surface area (Å²) >= 11 is 1.87. The SMILES string of the molecule is CC[C@H](C)[C@H](N)C(=O)NCC1(SC)CCC1. The van der Waals surface area contributed by atoms with Crippen molar-refractivity contribution in [2.24, 2.45) is 11.7 Å². The number of carbonyl (C=O) groups is 1. The van der Waals surface area contributed by atoms with Crippen LogP contribution in [0.4, 0.5) is 0 Å². The van der Waals surface area contributed by atoms with E-state index in [9.17, 15) is 4.79 Å². The van der Waals surface area contributed by atoms with Gasteiger partial charge in [-0.05, 0) is 25.0 Å². The first-order valence-electron chi connectivity index (χ1n) is 6.13. The third kappa shape index (κ3) is 3.14. The van der Waals surface area contributed by atoms with Crippen molar-refractivity contribution in [1.82, 2.24) is 5.32 Å². The van der Waals surface area contributed by atoms with Gasteiger partial charge in [0, 0.05) is 11.3 Å². The minimum absolute atomic E-state index is 0.00896. The average molecular weight is 244 g/mol. The van der Waals surface area contributed by atoms with Gasteiger partial charge in [-0.15, -0.1) is 0 Å². The summed E-state index contributed by atoms with van der Waals surface area (Å²) in [6.45, 7) is 4.86. The summed E-state index contributed by atoms with van der Waals surface area (Å²) in [4.78, 5) is 11.8. The smallest absolute Gasteiger partial charge is 0.237 e. The largest absolute Gasteiger partial charge is 0.353 e. The second-order valence-electron chi connectivity index (χ2n) is 4.87. The van der Waals surface area contributed by atoms with Crippen LogP contribution >= 0.6 is 11.8 Å². The van der Waals surface area contributed by atoms with Crippen LogP contribution in [0.2, 0.25) is 0 Å². The molecule has 0 bridgehead atoms. The van der Waals surface area contributed by atoms with Gasteiger partial charge in [0.05, 0.1) is 6.04 Å². The highest BCUT2D eigenvalue weighted by Gasteiger charge is 2.36. The normalized spacial score (nSPS) is 22.0. The molecule has 0 aromatic heterocycles. The summed E-state index contributed by atoms with van der Waals surface area (Å²) < 4.78 is 0.296. The van der Waals surface area contributed by atoms with Crippen molar-refractivity contribution >= 4 is 17.7 Å². The molecule has 3 N–H and O–H groups in total. The molecule has 1 rings (SSSR count). The van der Waals surface area contributed by atoms with Gasteiger partial charge in [-0.2, -0.15) is 11.8 Å². The molecule has 0 saturated heterocycles. The maximum atomic E-state index is 11.8. The molecule has 0 aromatic rings. The van der Waals surface area contributed by atoms with Crippen LogP contribution in [0.5, 0.6) is 0 Å². The first-order chi connectivity index (χ1) is 7.54. The number of amides is 1. The van der Waals surface area contributed by atoms with Crippen molar-refractivity contribution < 1.29 is 4.79 Å². The molecular weight excluding hydrogens is 220 g/mol. The van der Waals surface area contributed by atoms with E-state index in [0.717, 1.165) is 13.0 Å². The Labute approximate surface area is 103 Å². The molecular formula is C12H24N2OS. The Hall–Kier alpha value is -0.220. The molecule has 1 fully saturated rings. The quantitative estimate of drug-likeness (QED) is 0.748. The lowest BCUT2D eigenvalue weighted by Crippen LogP contribution is -2.51. The predicted octanol–water partition coefficient (Wildman–Crippen LogP) is 1.76. The maximum Gasteiger partial charge on any atom is 0.237 e. The van der Waals surface area contributed by atoms with Gasteiger partial charge < -0.3 is 11.1 Å². The zero-order valence-corrected chi connectivity index (χ0v) is 11.4. The third-order valence-electron chi connectivity index (χ3n) is 3.84. The highest BCUT2D eigenvalue weighted by atomic mass is 32.2. The van der Waals surface area contributed by atoms with Gasteiger partial charge in [0.1, 0.15) is 0 Å². The van der Waals surface area contributed by atoms with Crippen LogP contribution in [0.3, 0.4) is 0 Å². The average Bonchev–Trinajstić information content (AvgIpc) is 2.25. The lowest BCUT2D eigenvalue weighted by Gasteiger charge is -2.40. The monoisotopic (exact) mass is 244 g/mol. The number of hydrogen-bond donors (Lipinski definition) is 2. The fraction of sp³-hybridized carbons (Fsp3) is 0.917. The van der Waals surface area contributed by atoms with E-state index in [1.165, 1.54) is 19.3 Å². The summed E-state index contributed by atoms with van der Waals surface area (Å²) in [6.07, 6.45) is 6.79. The Morgan fingerprint density at radius 3 is 2.56 bits per heavy atom. The van der Waals surface area contributed by atoms with Crippen LogP contribution in [-0.4, -0.2) is 29.5 Å². The molecule has 0 unspecified atom stereocenters. The van der Waals surface area contributed by atoms with Crippen molar-refractivity contribution in [2.45, 2.75) is 50.3 Å². The number of nitrogens with two attached hydrogens (primary N) is 1. The Bertz CT molecular complexity index is 236. The van der Waals surface area contributed by atoms with Crippen molar-refractivity contribution in [3.63, 3.8) is 0 Å². The van der Waals surface area contributed by atoms with E-state index in [2.05, 4.69) is 18.5 Å². The fourth-order valence-electron chi connectivity index (χ4n) is 1.90. The molecule has 1 aliphatic rings. The number of nitrogens with one attached hydrogen (secondary N) is 1. The standard InChI is InChI=1S/C12H24N2OS/c1-4-9(2)10(13)11(15)14-8-12(16-3)6-5-7-12/h9-10H,4-8,13H2,1-3H3,(H,14,15)/t9-,10-/m0/s1. The molecule has 0 aliphatic heterocycles. The number of thioether (sulfide) groups is 1. The molecule has 4 heteroatoms. The maximum absolute atomic E-state index is 11.8. The van der Waals surface area contributed by atoms with Gasteiger partial charge in [-0.1, -0.05) is 26.7 Å². The molecule has 0 heterocycles. The summed E-state index contributed by atoms with van der Waals surface area (Å²) in [6, 6.07) is -0.357. The Kier molecular flexibility index (Phi) is 5.12. The van der Waals surface area contributed by atoms with Crippen LogP contribution < -0.4 is 11.1 Å². The van der Waals surface area contributed by atoms with E-state index in [1.54, 1.807) is 0 Å². The molecule has 1 aliphatic carbocycles. The van der Waals surface area contributed by atoms with E-state index < -0.39 is 0 Å². The summed E-state index contributed by atoms with van der Waals surface area (Å²) in [5, 5.41) is 3.01. The second kappa shape index (κ2) is 5.92. The van der Waals surface area contributed by atoms with Crippen molar-refractivity contribution in [2.75, 3.05) is 12.8 Å². The molecule has 16 heavy (non-hydrogen) atoms. The highest BCUT2D eigenvalue weighted by molar-refractivity contribution is 8.00. The van der Waals surface area contributed by atoms with E-state index >= 15 is 0 Å². The highest BCUT2D eigenvalue weighted by Crippen LogP contribution is 2.42. The number of carbonyl (C=O) groups excluding carboxylic acids is 1. The molecule has 0 spiro atoms. The van der Waals surface area contributed by atoms with Crippen LogP contribution in [0.1, 0.15) is 39.5 Å². The first-order valence-corrected chi connectivity index (χ1v) is 7.35.